The normalized spacial score (nSPS) is 36.3. The second-order valence-electron chi connectivity index (χ2n) is 3.69. The maximum atomic E-state index is 10.6. The zero-order valence-electron chi connectivity index (χ0n) is 7.42. The predicted molar refractivity (Wildman–Crippen MR) is 44.8 cm³/mol. The van der Waals surface area contributed by atoms with Gasteiger partial charge in [0.25, 0.3) is 0 Å². The van der Waals surface area contributed by atoms with Crippen LogP contribution in [0.5, 0.6) is 0 Å². The molecule has 3 nitrogen and oxygen atoms in total. The van der Waals surface area contributed by atoms with Gasteiger partial charge >= 0.3 is 5.97 Å². The maximum absolute atomic E-state index is 10.6. The summed E-state index contributed by atoms with van der Waals surface area (Å²) in [4.78, 5) is 10.6. The Balaban J connectivity index is 2.44. The molecule has 0 saturated heterocycles. The van der Waals surface area contributed by atoms with Crippen LogP contribution in [-0.4, -0.2) is 21.8 Å². The quantitative estimate of drug-likeness (QED) is 0.662. The molecule has 0 aromatic rings. The van der Waals surface area contributed by atoms with Gasteiger partial charge in [-0.25, -0.2) is 0 Å². The van der Waals surface area contributed by atoms with Crippen LogP contribution in [0.4, 0.5) is 0 Å². The number of rotatable bonds is 2. The molecule has 0 atom stereocenters. The van der Waals surface area contributed by atoms with Gasteiger partial charge in [0.1, 0.15) is 0 Å². The Morgan fingerprint density at radius 1 is 1.50 bits per heavy atom. The van der Waals surface area contributed by atoms with Crippen molar-refractivity contribution in [3.63, 3.8) is 0 Å². The van der Waals surface area contributed by atoms with Gasteiger partial charge in [-0.15, -0.1) is 0 Å². The summed E-state index contributed by atoms with van der Waals surface area (Å²) in [5.41, 5.74) is -0.577. The van der Waals surface area contributed by atoms with Crippen LogP contribution in [0.1, 0.15) is 39.0 Å². The minimum atomic E-state index is -0.715. The van der Waals surface area contributed by atoms with Crippen molar-refractivity contribution >= 4 is 5.97 Å². The smallest absolute Gasteiger partial charge is 0.306 e. The van der Waals surface area contributed by atoms with Gasteiger partial charge < -0.3 is 10.2 Å². The molecule has 2 N–H and O–H groups in total. The molecule has 12 heavy (non-hydrogen) atoms. The van der Waals surface area contributed by atoms with Crippen molar-refractivity contribution in [2.75, 3.05) is 0 Å². The summed E-state index contributed by atoms with van der Waals surface area (Å²) in [6.07, 6.45) is 3.26. The number of carboxylic acids is 1. The lowest BCUT2D eigenvalue weighted by Gasteiger charge is -2.33. The van der Waals surface area contributed by atoms with Gasteiger partial charge in [0, 0.05) is 0 Å². The lowest BCUT2D eigenvalue weighted by Crippen LogP contribution is -2.35. The molecule has 0 radical (unpaired) electrons. The van der Waals surface area contributed by atoms with E-state index >= 15 is 0 Å². The Bertz CT molecular complexity index is 169. The van der Waals surface area contributed by atoms with E-state index in [1.165, 1.54) is 0 Å². The van der Waals surface area contributed by atoms with Crippen LogP contribution in [0, 0.1) is 5.92 Å². The maximum Gasteiger partial charge on any atom is 0.306 e. The van der Waals surface area contributed by atoms with Crippen molar-refractivity contribution in [2.24, 2.45) is 5.92 Å². The van der Waals surface area contributed by atoms with Crippen LogP contribution in [0.2, 0.25) is 0 Å². The minimum Gasteiger partial charge on any atom is -0.481 e. The molecule has 0 spiro atoms. The summed E-state index contributed by atoms with van der Waals surface area (Å²) in [6.45, 7) is 1.95. The van der Waals surface area contributed by atoms with E-state index in [4.69, 9.17) is 5.11 Å². The van der Waals surface area contributed by atoms with Crippen LogP contribution in [0.25, 0.3) is 0 Å². The van der Waals surface area contributed by atoms with E-state index in [1.807, 2.05) is 6.92 Å². The SMILES string of the molecule is CCC1(O)CCC(C(=O)O)CC1. The minimum absolute atomic E-state index is 0.225. The third kappa shape index (κ3) is 1.97. The molecular formula is C9H16O3. The number of aliphatic hydroxyl groups is 1. The first-order valence-electron chi connectivity index (χ1n) is 4.52. The molecule has 1 fully saturated rings. The zero-order chi connectivity index (χ0) is 9.19. The zero-order valence-corrected chi connectivity index (χ0v) is 7.42. The van der Waals surface area contributed by atoms with Gasteiger partial charge in [0.05, 0.1) is 11.5 Å². The number of hydrogen-bond donors (Lipinski definition) is 2. The molecule has 1 aliphatic rings. The van der Waals surface area contributed by atoms with Crippen LogP contribution in [-0.2, 0) is 4.79 Å². The monoisotopic (exact) mass is 172 g/mol. The van der Waals surface area contributed by atoms with E-state index in [9.17, 15) is 9.90 Å². The Morgan fingerprint density at radius 2 is 2.00 bits per heavy atom. The molecule has 0 aromatic carbocycles. The van der Waals surface area contributed by atoms with E-state index in [1.54, 1.807) is 0 Å². The van der Waals surface area contributed by atoms with Crippen LogP contribution in [0.15, 0.2) is 0 Å². The highest BCUT2D eigenvalue weighted by molar-refractivity contribution is 5.70. The van der Waals surface area contributed by atoms with Gasteiger partial charge in [-0.05, 0) is 32.1 Å². The molecule has 0 amide bonds. The highest BCUT2D eigenvalue weighted by Crippen LogP contribution is 2.34. The standard InChI is InChI=1S/C9H16O3/c1-2-9(12)5-3-7(4-6-9)8(10)11/h7,12H,2-6H2,1H3,(H,10,11). The van der Waals surface area contributed by atoms with Crippen molar-refractivity contribution in [3.8, 4) is 0 Å². The van der Waals surface area contributed by atoms with Crippen LogP contribution < -0.4 is 0 Å². The number of hydrogen-bond acceptors (Lipinski definition) is 2. The first kappa shape index (κ1) is 9.52. The lowest BCUT2D eigenvalue weighted by atomic mass is 9.77. The summed E-state index contributed by atoms with van der Waals surface area (Å²) < 4.78 is 0. The Labute approximate surface area is 72.4 Å². The first-order valence-corrected chi connectivity index (χ1v) is 4.52. The average molecular weight is 172 g/mol. The third-order valence-corrected chi connectivity index (χ3v) is 2.92. The number of carboxylic acid groups (broad SMARTS) is 1. The molecule has 1 saturated carbocycles. The van der Waals surface area contributed by atoms with Crippen molar-refractivity contribution in [1.82, 2.24) is 0 Å². The highest BCUT2D eigenvalue weighted by atomic mass is 16.4. The van der Waals surface area contributed by atoms with Gasteiger partial charge in [-0.2, -0.15) is 0 Å². The average Bonchev–Trinajstić information content (AvgIpc) is 2.05. The second-order valence-corrected chi connectivity index (χ2v) is 3.69. The number of carbonyl (C=O) groups is 1. The van der Waals surface area contributed by atoms with Gasteiger partial charge in [-0.1, -0.05) is 6.92 Å². The summed E-state index contributed by atoms with van der Waals surface area (Å²) in [6, 6.07) is 0. The van der Waals surface area contributed by atoms with E-state index in [0.717, 1.165) is 6.42 Å². The molecule has 0 bridgehead atoms. The summed E-state index contributed by atoms with van der Waals surface area (Å²) in [7, 11) is 0. The topological polar surface area (TPSA) is 57.5 Å². The third-order valence-electron chi connectivity index (χ3n) is 2.92. The van der Waals surface area contributed by atoms with E-state index < -0.39 is 11.6 Å². The fourth-order valence-electron chi connectivity index (χ4n) is 1.76. The Morgan fingerprint density at radius 3 is 2.33 bits per heavy atom. The van der Waals surface area contributed by atoms with Crippen LogP contribution in [0.3, 0.4) is 0 Å². The summed E-state index contributed by atoms with van der Waals surface area (Å²) in [5.74, 6) is -0.940. The Kier molecular flexibility index (Phi) is 2.73. The summed E-state index contributed by atoms with van der Waals surface area (Å²) >= 11 is 0. The molecule has 1 aliphatic carbocycles. The first-order chi connectivity index (χ1) is 5.57. The molecular weight excluding hydrogens is 156 g/mol. The van der Waals surface area contributed by atoms with Crippen molar-refractivity contribution < 1.29 is 15.0 Å². The largest absolute Gasteiger partial charge is 0.481 e. The van der Waals surface area contributed by atoms with Crippen LogP contribution >= 0.6 is 0 Å². The Hall–Kier alpha value is -0.570. The van der Waals surface area contributed by atoms with E-state index in [-0.39, 0.29) is 5.92 Å². The molecule has 1 rings (SSSR count). The van der Waals surface area contributed by atoms with Gasteiger partial charge in [0.15, 0.2) is 0 Å². The molecule has 3 heteroatoms. The number of aliphatic carboxylic acids is 1. The van der Waals surface area contributed by atoms with Gasteiger partial charge in [0.2, 0.25) is 0 Å². The molecule has 0 heterocycles. The fourth-order valence-corrected chi connectivity index (χ4v) is 1.76. The van der Waals surface area contributed by atoms with Crippen molar-refractivity contribution in [2.45, 2.75) is 44.6 Å². The van der Waals surface area contributed by atoms with Crippen molar-refractivity contribution in [3.05, 3.63) is 0 Å². The van der Waals surface area contributed by atoms with E-state index in [0.29, 0.717) is 25.7 Å². The molecule has 70 valence electrons. The summed E-state index contributed by atoms with van der Waals surface area (Å²) in [5, 5.41) is 18.5. The highest BCUT2D eigenvalue weighted by Gasteiger charge is 2.33. The molecule has 0 aromatic heterocycles. The predicted octanol–water partition coefficient (Wildman–Crippen LogP) is 1.40. The second kappa shape index (κ2) is 3.44. The molecule has 0 unspecified atom stereocenters. The van der Waals surface area contributed by atoms with Gasteiger partial charge in [-0.3, -0.25) is 4.79 Å². The van der Waals surface area contributed by atoms with Crippen molar-refractivity contribution in [1.29, 1.82) is 0 Å². The fraction of sp³-hybridized carbons (Fsp3) is 0.889. The lowest BCUT2D eigenvalue weighted by molar-refractivity contribution is -0.144. The molecule has 0 aliphatic heterocycles. The van der Waals surface area contributed by atoms with E-state index in [2.05, 4.69) is 0 Å².